The Bertz CT molecular complexity index is 802. The van der Waals surface area contributed by atoms with Crippen LogP contribution in [0.2, 0.25) is 0 Å². The molecule has 2 heterocycles. The van der Waals surface area contributed by atoms with Gasteiger partial charge in [-0.3, -0.25) is 4.79 Å². The van der Waals surface area contributed by atoms with Gasteiger partial charge in [-0.25, -0.2) is 0 Å². The number of benzene rings is 2. The Labute approximate surface area is 137 Å². The molecule has 0 radical (unpaired) electrons. The normalized spacial score (nSPS) is 26.0. The highest BCUT2D eigenvalue weighted by Gasteiger charge is 2.39. The number of carbonyl (C=O) groups excluding carboxylic acids is 1. The van der Waals surface area contributed by atoms with E-state index in [1.807, 2.05) is 0 Å². The molecule has 126 valence electrons. The molecule has 0 saturated carbocycles. The second-order valence-electron chi connectivity index (χ2n) is 6.64. The van der Waals surface area contributed by atoms with Crippen molar-refractivity contribution < 1.29 is 18.0 Å². The summed E-state index contributed by atoms with van der Waals surface area (Å²) in [4.78, 5) is 12.4. The van der Waals surface area contributed by atoms with E-state index in [1.165, 1.54) is 12.1 Å². The molecule has 3 nitrogen and oxygen atoms in total. The Morgan fingerprint density at radius 2 is 1.88 bits per heavy atom. The van der Waals surface area contributed by atoms with E-state index in [1.54, 1.807) is 12.1 Å². The molecule has 2 saturated heterocycles. The lowest BCUT2D eigenvalue weighted by Gasteiger charge is -2.21. The fraction of sp³-hybridized carbons (Fsp3) is 0.389. The van der Waals surface area contributed by atoms with Gasteiger partial charge in [0, 0.05) is 23.7 Å². The van der Waals surface area contributed by atoms with E-state index in [0.717, 1.165) is 31.4 Å². The molecule has 2 aromatic carbocycles. The zero-order chi connectivity index (χ0) is 16.9. The largest absolute Gasteiger partial charge is 0.416 e. The molecule has 2 aliphatic heterocycles. The van der Waals surface area contributed by atoms with Crippen LogP contribution in [0.1, 0.15) is 35.2 Å². The lowest BCUT2D eigenvalue weighted by molar-refractivity contribution is -0.137. The van der Waals surface area contributed by atoms with Crippen LogP contribution in [0.3, 0.4) is 0 Å². The molecule has 0 aromatic heterocycles. The number of halogens is 3. The molecular weight excluding hydrogens is 317 g/mol. The summed E-state index contributed by atoms with van der Waals surface area (Å²) in [6, 6.07) is 9.35. The minimum absolute atomic E-state index is 0.105. The maximum absolute atomic E-state index is 12.8. The minimum Gasteiger partial charge on any atom is -0.348 e. The zero-order valence-electron chi connectivity index (χ0n) is 12.9. The van der Waals surface area contributed by atoms with E-state index < -0.39 is 11.7 Å². The molecule has 6 heteroatoms. The average molecular weight is 334 g/mol. The Kier molecular flexibility index (Phi) is 3.53. The van der Waals surface area contributed by atoms with Crippen LogP contribution in [0, 0.1) is 0 Å². The van der Waals surface area contributed by atoms with E-state index in [9.17, 15) is 18.0 Å². The first-order chi connectivity index (χ1) is 11.4. The Hall–Kier alpha value is -2.08. The number of carbonyl (C=O) groups is 1. The molecule has 0 spiro atoms. The van der Waals surface area contributed by atoms with Crippen molar-refractivity contribution in [3.8, 4) is 0 Å². The molecule has 2 aromatic rings. The van der Waals surface area contributed by atoms with Gasteiger partial charge < -0.3 is 10.6 Å². The minimum atomic E-state index is -4.39. The topological polar surface area (TPSA) is 41.1 Å². The summed E-state index contributed by atoms with van der Waals surface area (Å²) < 4.78 is 38.5. The van der Waals surface area contributed by atoms with Crippen molar-refractivity contribution in [2.75, 3.05) is 0 Å². The lowest BCUT2D eigenvalue weighted by atomic mass is 9.95. The van der Waals surface area contributed by atoms with Gasteiger partial charge in [-0.1, -0.05) is 12.1 Å². The van der Waals surface area contributed by atoms with E-state index in [0.29, 0.717) is 28.4 Å². The Balaban J connectivity index is 1.58. The van der Waals surface area contributed by atoms with Crippen molar-refractivity contribution in [2.45, 2.75) is 43.6 Å². The van der Waals surface area contributed by atoms with Crippen molar-refractivity contribution in [3.63, 3.8) is 0 Å². The highest BCUT2D eigenvalue weighted by atomic mass is 19.4. The number of fused-ring (bicyclic) bond motifs is 3. The van der Waals surface area contributed by atoms with Crippen LogP contribution in [0.5, 0.6) is 0 Å². The molecule has 2 bridgehead atoms. The van der Waals surface area contributed by atoms with Crippen LogP contribution >= 0.6 is 0 Å². The SMILES string of the molecule is O=C(NC1CC2CCC1N2)c1ccc2ccc(C(F)(F)F)cc2c1. The summed E-state index contributed by atoms with van der Waals surface area (Å²) in [6.45, 7) is 0. The van der Waals surface area contributed by atoms with Crippen LogP contribution in [0.25, 0.3) is 10.8 Å². The average Bonchev–Trinajstić information content (AvgIpc) is 3.15. The first-order valence-corrected chi connectivity index (χ1v) is 8.08. The van der Waals surface area contributed by atoms with Crippen molar-refractivity contribution in [1.29, 1.82) is 0 Å². The molecule has 4 rings (SSSR count). The molecule has 1 amide bonds. The quantitative estimate of drug-likeness (QED) is 0.883. The molecule has 24 heavy (non-hydrogen) atoms. The number of amides is 1. The summed E-state index contributed by atoms with van der Waals surface area (Å²) in [5.74, 6) is -0.228. The molecular formula is C18H17F3N2O. The van der Waals surface area contributed by atoms with Gasteiger partial charge in [0.2, 0.25) is 0 Å². The van der Waals surface area contributed by atoms with Gasteiger partial charge in [-0.2, -0.15) is 13.2 Å². The molecule has 2 N–H and O–H groups in total. The maximum atomic E-state index is 12.8. The summed E-state index contributed by atoms with van der Waals surface area (Å²) in [5.41, 5.74) is -0.311. The smallest absolute Gasteiger partial charge is 0.348 e. The van der Waals surface area contributed by atoms with Gasteiger partial charge in [-0.05, 0) is 54.3 Å². The van der Waals surface area contributed by atoms with Crippen molar-refractivity contribution >= 4 is 16.7 Å². The number of alkyl halides is 3. The van der Waals surface area contributed by atoms with Gasteiger partial charge in [-0.15, -0.1) is 0 Å². The molecule has 3 unspecified atom stereocenters. The van der Waals surface area contributed by atoms with Gasteiger partial charge in [0.1, 0.15) is 0 Å². The van der Waals surface area contributed by atoms with Crippen LogP contribution in [-0.2, 0) is 6.18 Å². The van der Waals surface area contributed by atoms with Crippen LogP contribution < -0.4 is 10.6 Å². The standard InChI is InChI=1S/C18H17F3N2O/c19-18(20,21)13-4-3-10-1-2-11(7-12(10)8-13)17(24)23-16-9-14-5-6-15(16)22-14/h1-4,7-8,14-16,22H,5-6,9H2,(H,23,24). The highest BCUT2D eigenvalue weighted by molar-refractivity contribution is 5.98. The Morgan fingerprint density at radius 3 is 2.54 bits per heavy atom. The third-order valence-corrected chi connectivity index (χ3v) is 5.05. The fourth-order valence-electron chi connectivity index (χ4n) is 3.80. The number of hydrogen-bond donors (Lipinski definition) is 2. The third-order valence-electron chi connectivity index (χ3n) is 5.05. The van der Waals surface area contributed by atoms with Gasteiger partial charge in [0.25, 0.3) is 5.91 Å². The first-order valence-electron chi connectivity index (χ1n) is 8.08. The van der Waals surface area contributed by atoms with Crippen molar-refractivity contribution in [2.24, 2.45) is 0 Å². The summed E-state index contributed by atoms with van der Waals surface area (Å²) in [7, 11) is 0. The van der Waals surface area contributed by atoms with E-state index >= 15 is 0 Å². The predicted octanol–water partition coefficient (Wildman–Crippen LogP) is 3.48. The molecule has 3 atom stereocenters. The highest BCUT2D eigenvalue weighted by Crippen LogP contribution is 2.32. The third kappa shape index (κ3) is 2.75. The van der Waals surface area contributed by atoms with Gasteiger partial charge >= 0.3 is 6.18 Å². The van der Waals surface area contributed by atoms with Gasteiger partial charge in [0.05, 0.1) is 5.56 Å². The molecule has 2 aliphatic rings. The second-order valence-corrected chi connectivity index (χ2v) is 6.64. The molecule has 0 aliphatic carbocycles. The van der Waals surface area contributed by atoms with E-state index in [4.69, 9.17) is 0 Å². The van der Waals surface area contributed by atoms with E-state index in [2.05, 4.69) is 10.6 Å². The summed E-state index contributed by atoms with van der Waals surface area (Å²) in [6.07, 6.45) is -1.26. The van der Waals surface area contributed by atoms with Crippen molar-refractivity contribution in [3.05, 3.63) is 47.5 Å². The summed E-state index contributed by atoms with van der Waals surface area (Å²) >= 11 is 0. The Morgan fingerprint density at radius 1 is 1.08 bits per heavy atom. The number of hydrogen-bond acceptors (Lipinski definition) is 2. The predicted molar refractivity (Wildman–Crippen MR) is 84.8 cm³/mol. The second kappa shape index (κ2) is 5.48. The lowest BCUT2D eigenvalue weighted by Crippen LogP contribution is -2.42. The number of rotatable bonds is 2. The fourth-order valence-corrected chi connectivity index (χ4v) is 3.80. The van der Waals surface area contributed by atoms with E-state index in [-0.39, 0.29) is 11.9 Å². The van der Waals surface area contributed by atoms with Crippen LogP contribution in [0.15, 0.2) is 36.4 Å². The van der Waals surface area contributed by atoms with Crippen molar-refractivity contribution in [1.82, 2.24) is 10.6 Å². The maximum Gasteiger partial charge on any atom is 0.416 e. The monoisotopic (exact) mass is 334 g/mol. The van der Waals surface area contributed by atoms with Gasteiger partial charge in [0.15, 0.2) is 0 Å². The van der Waals surface area contributed by atoms with Crippen LogP contribution in [-0.4, -0.2) is 24.0 Å². The summed E-state index contributed by atoms with van der Waals surface area (Å²) in [5, 5.41) is 7.56. The molecule has 2 fully saturated rings. The first kappa shape index (κ1) is 15.4. The number of nitrogens with one attached hydrogen (secondary N) is 2. The van der Waals surface area contributed by atoms with Crippen LogP contribution in [0.4, 0.5) is 13.2 Å². The zero-order valence-corrected chi connectivity index (χ0v) is 12.9.